The molecule has 1 amide bonds. The minimum absolute atomic E-state index is 0.0953. The first kappa shape index (κ1) is 11.1. The summed E-state index contributed by atoms with van der Waals surface area (Å²) in [6.45, 7) is 1.79. The van der Waals surface area contributed by atoms with Crippen LogP contribution in [0.1, 0.15) is 19.8 Å². The van der Waals surface area contributed by atoms with E-state index in [1.54, 1.807) is 21.0 Å². The summed E-state index contributed by atoms with van der Waals surface area (Å²) in [5.41, 5.74) is 0. The van der Waals surface area contributed by atoms with Crippen molar-refractivity contribution in [2.75, 3.05) is 14.1 Å². The molecule has 0 aromatic carbocycles. The Labute approximate surface area is 72.7 Å². The second-order valence-corrected chi connectivity index (χ2v) is 2.55. The Balaban J connectivity index is 3.99. The topological polar surface area (TPSA) is 58.2 Å². The smallest absolute Gasteiger partial charge is 0.237 e. The van der Waals surface area contributed by atoms with Gasteiger partial charge in [-0.15, -0.1) is 0 Å². The van der Waals surface area contributed by atoms with Crippen LogP contribution in [-0.2, 0) is 9.59 Å². The van der Waals surface area contributed by atoms with E-state index in [1.165, 1.54) is 0 Å². The summed E-state index contributed by atoms with van der Waals surface area (Å²) in [7, 11) is 3.23. The number of carbonyl (C=O) groups is 2. The Bertz CT molecular complexity index is 168. The monoisotopic (exact) mass is 172 g/mol. The lowest BCUT2D eigenvalue weighted by atomic mass is 10.1. The van der Waals surface area contributed by atoms with Crippen LogP contribution in [0.25, 0.3) is 0 Å². The van der Waals surface area contributed by atoms with Crippen LogP contribution in [0.2, 0.25) is 0 Å². The summed E-state index contributed by atoms with van der Waals surface area (Å²) in [4.78, 5) is 22.1. The first-order valence-corrected chi connectivity index (χ1v) is 4.06. The molecule has 1 atom stereocenters. The van der Waals surface area contributed by atoms with Gasteiger partial charge in [0.2, 0.25) is 5.91 Å². The van der Waals surface area contributed by atoms with Gasteiger partial charge in [-0.2, -0.15) is 0 Å². The molecular weight excluding hydrogens is 156 g/mol. The second-order valence-electron chi connectivity index (χ2n) is 2.55. The molecule has 0 saturated heterocycles. The summed E-state index contributed by atoms with van der Waals surface area (Å²) in [5, 5.41) is 5.28. The maximum absolute atomic E-state index is 11.1. The van der Waals surface area contributed by atoms with Crippen LogP contribution >= 0.6 is 0 Å². The molecular formula is C8H16N2O2. The zero-order valence-corrected chi connectivity index (χ0v) is 7.81. The summed E-state index contributed by atoms with van der Waals surface area (Å²) in [6, 6.07) is -0.387. The van der Waals surface area contributed by atoms with E-state index >= 15 is 0 Å². The number of carbonyl (C=O) groups excluding carboxylic acids is 2. The molecule has 0 radical (unpaired) electrons. The molecule has 12 heavy (non-hydrogen) atoms. The second kappa shape index (κ2) is 5.71. The van der Waals surface area contributed by atoms with Gasteiger partial charge in [0, 0.05) is 19.9 Å². The Kier molecular flexibility index (Phi) is 5.28. The Morgan fingerprint density at radius 1 is 1.33 bits per heavy atom. The lowest BCUT2D eigenvalue weighted by Gasteiger charge is -2.12. The summed E-state index contributed by atoms with van der Waals surface area (Å²) >= 11 is 0. The zero-order chi connectivity index (χ0) is 9.56. The fraction of sp³-hybridized carbons (Fsp3) is 0.750. The average molecular weight is 172 g/mol. The molecule has 4 heteroatoms. The van der Waals surface area contributed by atoms with Crippen molar-refractivity contribution in [2.45, 2.75) is 25.8 Å². The van der Waals surface area contributed by atoms with Gasteiger partial charge in [-0.05, 0) is 7.05 Å². The lowest BCUT2D eigenvalue weighted by molar-refractivity contribution is -0.126. The highest BCUT2D eigenvalue weighted by atomic mass is 16.2. The molecule has 4 nitrogen and oxygen atoms in total. The van der Waals surface area contributed by atoms with Crippen LogP contribution in [0.3, 0.4) is 0 Å². The van der Waals surface area contributed by atoms with Crippen molar-refractivity contribution in [3.63, 3.8) is 0 Å². The van der Waals surface area contributed by atoms with E-state index < -0.39 is 0 Å². The molecule has 2 N–H and O–H groups in total. The van der Waals surface area contributed by atoms with E-state index in [0.717, 1.165) is 0 Å². The van der Waals surface area contributed by atoms with Crippen LogP contribution in [0.15, 0.2) is 0 Å². The fourth-order valence-electron chi connectivity index (χ4n) is 0.872. The van der Waals surface area contributed by atoms with Gasteiger partial charge in [0.25, 0.3) is 0 Å². The zero-order valence-electron chi connectivity index (χ0n) is 7.81. The van der Waals surface area contributed by atoms with Gasteiger partial charge in [0.15, 0.2) is 0 Å². The summed E-state index contributed by atoms with van der Waals surface area (Å²) < 4.78 is 0. The maximum Gasteiger partial charge on any atom is 0.237 e. The van der Waals surface area contributed by atoms with Crippen LogP contribution in [0.5, 0.6) is 0 Å². The Morgan fingerprint density at radius 2 is 1.92 bits per heavy atom. The molecule has 0 heterocycles. The first-order valence-electron chi connectivity index (χ1n) is 4.06. The van der Waals surface area contributed by atoms with Gasteiger partial charge in [0.05, 0.1) is 6.04 Å². The van der Waals surface area contributed by atoms with Crippen molar-refractivity contribution < 1.29 is 9.59 Å². The minimum atomic E-state index is -0.387. The van der Waals surface area contributed by atoms with E-state index in [0.29, 0.717) is 6.42 Å². The largest absolute Gasteiger partial charge is 0.358 e. The lowest BCUT2D eigenvalue weighted by Crippen LogP contribution is -2.42. The molecule has 0 bridgehead atoms. The molecule has 0 fully saturated rings. The number of likely N-dealkylation sites (N-methyl/N-ethyl adjacent to an activating group) is 2. The first-order chi connectivity index (χ1) is 5.65. The third-order valence-electron chi connectivity index (χ3n) is 1.74. The number of ketones is 1. The van der Waals surface area contributed by atoms with Crippen LogP contribution in [-0.4, -0.2) is 31.8 Å². The van der Waals surface area contributed by atoms with Crippen molar-refractivity contribution >= 4 is 11.7 Å². The number of rotatable bonds is 5. The van der Waals surface area contributed by atoms with Crippen LogP contribution in [0, 0.1) is 0 Å². The predicted octanol–water partition coefficient (Wildman–Crippen LogP) is -0.310. The molecule has 0 saturated carbocycles. The molecule has 0 aliphatic heterocycles. The third-order valence-corrected chi connectivity index (χ3v) is 1.74. The fourth-order valence-corrected chi connectivity index (χ4v) is 0.872. The van der Waals surface area contributed by atoms with Gasteiger partial charge in [-0.25, -0.2) is 0 Å². The van der Waals surface area contributed by atoms with E-state index in [2.05, 4.69) is 10.6 Å². The van der Waals surface area contributed by atoms with Crippen molar-refractivity contribution in [3.8, 4) is 0 Å². The highest BCUT2D eigenvalue weighted by Crippen LogP contribution is 1.95. The van der Waals surface area contributed by atoms with E-state index in [-0.39, 0.29) is 24.2 Å². The van der Waals surface area contributed by atoms with Gasteiger partial charge < -0.3 is 10.6 Å². The number of Topliss-reactive ketones (excluding diaryl/α,β-unsaturated/α-hetero) is 1. The van der Waals surface area contributed by atoms with Gasteiger partial charge in [0.1, 0.15) is 5.78 Å². The summed E-state index contributed by atoms with van der Waals surface area (Å²) in [6.07, 6.45) is 0.752. The molecule has 0 spiro atoms. The van der Waals surface area contributed by atoms with E-state index in [9.17, 15) is 9.59 Å². The number of nitrogens with one attached hydrogen (secondary N) is 2. The highest BCUT2D eigenvalue weighted by Gasteiger charge is 2.17. The van der Waals surface area contributed by atoms with E-state index in [1.807, 2.05) is 0 Å². The van der Waals surface area contributed by atoms with E-state index in [4.69, 9.17) is 0 Å². The number of hydrogen-bond acceptors (Lipinski definition) is 3. The summed E-state index contributed by atoms with van der Waals surface area (Å²) in [5.74, 6) is -0.0442. The third kappa shape index (κ3) is 3.48. The van der Waals surface area contributed by atoms with Crippen molar-refractivity contribution in [3.05, 3.63) is 0 Å². The molecule has 0 unspecified atom stereocenters. The van der Waals surface area contributed by atoms with Gasteiger partial charge in [-0.1, -0.05) is 6.92 Å². The minimum Gasteiger partial charge on any atom is -0.358 e. The highest BCUT2D eigenvalue weighted by molar-refractivity contribution is 5.88. The average Bonchev–Trinajstić information content (AvgIpc) is 2.12. The van der Waals surface area contributed by atoms with Crippen molar-refractivity contribution in [1.29, 1.82) is 0 Å². The standard InChI is InChI=1S/C8H16N2O2/c1-4-6(11)5-7(9-2)8(12)10-3/h7,9H,4-5H2,1-3H3,(H,10,12)/t7-/m0/s1. The van der Waals surface area contributed by atoms with Crippen molar-refractivity contribution in [2.24, 2.45) is 0 Å². The van der Waals surface area contributed by atoms with Gasteiger partial charge in [-0.3, -0.25) is 9.59 Å². The quantitative estimate of drug-likeness (QED) is 0.598. The molecule has 70 valence electrons. The molecule has 0 aromatic heterocycles. The molecule has 0 aliphatic rings. The SMILES string of the molecule is CCC(=O)C[C@H](NC)C(=O)NC. The van der Waals surface area contributed by atoms with Gasteiger partial charge >= 0.3 is 0 Å². The number of hydrogen-bond donors (Lipinski definition) is 2. The predicted molar refractivity (Wildman–Crippen MR) is 46.8 cm³/mol. The number of amides is 1. The molecule has 0 rings (SSSR count). The maximum atomic E-state index is 11.1. The molecule has 0 aromatic rings. The van der Waals surface area contributed by atoms with Crippen LogP contribution in [0.4, 0.5) is 0 Å². The Morgan fingerprint density at radius 3 is 2.25 bits per heavy atom. The van der Waals surface area contributed by atoms with Crippen LogP contribution < -0.4 is 10.6 Å². The van der Waals surface area contributed by atoms with Crippen molar-refractivity contribution in [1.82, 2.24) is 10.6 Å². The Hall–Kier alpha value is -0.900. The normalized spacial score (nSPS) is 12.2. The molecule has 0 aliphatic carbocycles.